The molecule has 166 valence electrons. The molecule has 1 aromatic heterocycles. The van der Waals surface area contributed by atoms with Crippen molar-refractivity contribution in [1.82, 2.24) is 9.88 Å². The largest absolute Gasteiger partial charge is 0.467 e. The van der Waals surface area contributed by atoms with Crippen molar-refractivity contribution in [3.8, 4) is 0 Å². The summed E-state index contributed by atoms with van der Waals surface area (Å²) in [6, 6.07) is 7.68. The second-order valence-corrected chi connectivity index (χ2v) is 8.53. The molecule has 0 spiro atoms. The van der Waals surface area contributed by atoms with Crippen LogP contribution in [-0.4, -0.2) is 29.1 Å². The normalized spacial score (nSPS) is 14.2. The molecule has 0 saturated carbocycles. The van der Waals surface area contributed by atoms with Crippen molar-refractivity contribution in [2.24, 2.45) is 0 Å². The van der Waals surface area contributed by atoms with Crippen molar-refractivity contribution in [2.45, 2.75) is 64.5 Å². The van der Waals surface area contributed by atoms with Gasteiger partial charge in [-0.2, -0.15) is 0 Å². The number of hydrogen-bond donors (Lipinski definition) is 1. The van der Waals surface area contributed by atoms with Gasteiger partial charge in [0.1, 0.15) is 16.9 Å². The van der Waals surface area contributed by atoms with Gasteiger partial charge in [0.05, 0.1) is 13.7 Å². The van der Waals surface area contributed by atoms with E-state index >= 15 is 0 Å². The second kappa shape index (κ2) is 9.45. The van der Waals surface area contributed by atoms with Crippen molar-refractivity contribution < 1.29 is 18.7 Å². The molecule has 1 heterocycles. The minimum Gasteiger partial charge on any atom is -0.467 e. The van der Waals surface area contributed by atoms with Gasteiger partial charge in [0, 0.05) is 5.69 Å². The number of halogens is 1. The average Bonchev–Trinajstić information content (AvgIpc) is 2.71. The summed E-state index contributed by atoms with van der Waals surface area (Å²) in [5.41, 5.74) is 0.991. The third-order valence-electron chi connectivity index (χ3n) is 5.72. The fourth-order valence-electron chi connectivity index (χ4n) is 3.99. The van der Waals surface area contributed by atoms with Crippen LogP contribution in [-0.2, 0) is 28.9 Å². The Hall–Kier alpha value is -2.96. The summed E-state index contributed by atoms with van der Waals surface area (Å²) in [5.74, 6) is -1.55. The van der Waals surface area contributed by atoms with Crippen molar-refractivity contribution >= 4 is 11.9 Å². The number of fused-ring (bicyclic) bond motifs is 1. The zero-order valence-electron chi connectivity index (χ0n) is 18.3. The van der Waals surface area contributed by atoms with Crippen LogP contribution in [0.2, 0.25) is 0 Å². The summed E-state index contributed by atoms with van der Waals surface area (Å²) in [7, 11) is 1.25. The number of ether oxygens (including phenoxy) is 1. The Kier molecular flexibility index (Phi) is 6.93. The predicted molar refractivity (Wildman–Crippen MR) is 116 cm³/mol. The number of carbonyl (C=O) groups is 2. The summed E-state index contributed by atoms with van der Waals surface area (Å²) >= 11 is 0. The smallest absolute Gasteiger partial charge is 0.330 e. The molecule has 0 radical (unpaired) electrons. The van der Waals surface area contributed by atoms with Crippen LogP contribution in [0.4, 0.5) is 4.39 Å². The van der Waals surface area contributed by atoms with Gasteiger partial charge in [-0.05, 0) is 68.9 Å². The number of esters is 1. The van der Waals surface area contributed by atoms with Crippen molar-refractivity contribution in [3.63, 3.8) is 0 Å². The minimum atomic E-state index is -1.27. The van der Waals surface area contributed by atoms with Gasteiger partial charge in [0.2, 0.25) is 0 Å². The van der Waals surface area contributed by atoms with Crippen LogP contribution in [0, 0.1) is 5.82 Å². The Bertz CT molecular complexity index is 1030. The minimum absolute atomic E-state index is 0.00147. The summed E-state index contributed by atoms with van der Waals surface area (Å²) < 4.78 is 19.7. The lowest BCUT2D eigenvalue weighted by atomic mass is 9.95. The lowest BCUT2D eigenvalue weighted by Gasteiger charge is -2.24. The summed E-state index contributed by atoms with van der Waals surface area (Å²) in [6.45, 7) is 3.31. The molecule has 1 aliphatic rings. The van der Waals surface area contributed by atoms with E-state index in [1.54, 1.807) is 22.8 Å². The molecule has 1 N–H and O–H groups in total. The molecular formula is C24H29FN2O4. The highest BCUT2D eigenvalue weighted by Crippen LogP contribution is 2.21. The highest BCUT2D eigenvalue weighted by Gasteiger charge is 2.32. The summed E-state index contributed by atoms with van der Waals surface area (Å²) in [5, 5.41) is 2.62. The second-order valence-electron chi connectivity index (χ2n) is 8.53. The number of hydrogen-bond acceptors (Lipinski definition) is 4. The van der Waals surface area contributed by atoms with Gasteiger partial charge in [-0.3, -0.25) is 9.59 Å². The van der Waals surface area contributed by atoms with Gasteiger partial charge in [0.25, 0.3) is 11.5 Å². The fraction of sp³-hybridized carbons (Fsp3) is 0.458. The number of benzene rings is 1. The molecule has 0 fully saturated rings. The first-order chi connectivity index (χ1) is 14.7. The highest BCUT2D eigenvalue weighted by molar-refractivity contribution is 5.97. The van der Waals surface area contributed by atoms with Crippen LogP contribution in [0.3, 0.4) is 0 Å². The number of aryl methyl sites for hydroxylation is 1. The Morgan fingerprint density at radius 2 is 1.74 bits per heavy atom. The number of amides is 1. The van der Waals surface area contributed by atoms with Crippen molar-refractivity contribution in [2.75, 3.05) is 7.11 Å². The van der Waals surface area contributed by atoms with Crippen molar-refractivity contribution in [1.29, 1.82) is 0 Å². The topological polar surface area (TPSA) is 77.4 Å². The first-order valence-electron chi connectivity index (χ1n) is 10.6. The van der Waals surface area contributed by atoms with Gasteiger partial charge in [-0.15, -0.1) is 0 Å². The van der Waals surface area contributed by atoms with Crippen LogP contribution in [0.1, 0.15) is 66.7 Å². The Morgan fingerprint density at radius 3 is 2.39 bits per heavy atom. The van der Waals surface area contributed by atoms with Crippen molar-refractivity contribution in [3.05, 3.63) is 68.9 Å². The number of rotatable bonds is 5. The molecule has 3 rings (SSSR count). The highest BCUT2D eigenvalue weighted by atomic mass is 19.1. The average molecular weight is 429 g/mol. The molecule has 2 aromatic rings. The zero-order valence-corrected chi connectivity index (χ0v) is 18.3. The SMILES string of the molecule is COC(=O)C(C)(C)NC(=O)c1cc2c(n(Cc3ccc(F)cc3)c1=O)CCCCCC2. The third kappa shape index (κ3) is 5.21. The number of methoxy groups -OCH3 is 1. The quantitative estimate of drug-likeness (QED) is 0.741. The maximum Gasteiger partial charge on any atom is 0.330 e. The van der Waals surface area contributed by atoms with E-state index in [9.17, 15) is 18.8 Å². The van der Waals surface area contributed by atoms with Gasteiger partial charge in [-0.25, -0.2) is 9.18 Å². The number of carbonyl (C=O) groups excluding carboxylic acids is 2. The molecule has 1 aliphatic carbocycles. The first kappa shape index (κ1) is 22.7. The van der Waals surface area contributed by atoms with E-state index < -0.39 is 23.0 Å². The standard InChI is InChI=1S/C24H29FN2O4/c1-24(2,23(30)31-3)26-21(28)19-14-17-8-6-4-5-7-9-20(17)27(22(19)29)15-16-10-12-18(25)13-11-16/h10-14H,4-9,15H2,1-3H3,(H,26,28). The molecule has 0 aliphatic heterocycles. The van der Waals surface area contributed by atoms with Gasteiger partial charge >= 0.3 is 5.97 Å². The third-order valence-corrected chi connectivity index (χ3v) is 5.72. The fourth-order valence-corrected chi connectivity index (χ4v) is 3.99. The molecule has 6 nitrogen and oxygen atoms in total. The Balaban J connectivity index is 2.06. The van der Waals surface area contributed by atoms with Crippen LogP contribution in [0.5, 0.6) is 0 Å². The maximum atomic E-state index is 13.4. The monoisotopic (exact) mass is 428 g/mol. The molecule has 1 amide bonds. The van der Waals surface area contributed by atoms with Crippen LogP contribution in [0.25, 0.3) is 0 Å². The summed E-state index contributed by atoms with van der Waals surface area (Å²) in [4.78, 5) is 38.4. The van der Waals surface area contributed by atoms with E-state index in [0.717, 1.165) is 55.3 Å². The number of pyridine rings is 1. The maximum absolute atomic E-state index is 13.4. The molecule has 0 saturated heterocycles. The van der Waals surface area contributed by atoms with Gasteiger partial charge < -0.3 is 14.6 Å². The van der Waals surface area contributed by atoms with E-state index in [1.165, 1.54) is 33.1 Å². The summed E-state index contributed by atoms with van der Waals surface area (Å²) in [6.07, 6.45) is 5.68. The van der Waals surface area contributed by atoms with E-state index in [0.29, 0.717) is 0 Å². The molecule has 0 atom stereocenters. The molecule has 31 heavy (non-hydrogen) atoms. The molecule has 7 heteroatoms. The predicted octanol–water partition coefficient (Wildman–Crippen LogP) is 3.38. The Labute approximate surface area is 181 Å². The zero-order chi connectivity index (χ0) is 22.6. The lowest BCUT2D eigenvalue weighted by molar-refractivity contribution is -0.146. The molecule has 0 unspecified atom stereocenters. The van der Waals surface area contributed by atoms with Crippen LogP contribution in [0.15, 0.2) is 35.1 Å². The Morgan fingerprint density at radius 1 is 1.10 bits per heavy atom. The number of aromatic nitrogens is 1. The van der Waals surface area contributed by atoms with E-state index in [-0.39, 0.29) is 17.9 Å². The van der Waals surface area contributed by atoms with Gasteiger partial charge in [-0.1, -0.05) is 25.0 Å². The lowest BCUT2D eigenvalue weighted by Crippen LogP contribution is -2.51. The number of nitrogens with one attached hydrogen (secondary N) is 1. The number of nitrogens with zero attached hydrogens (tertiary/aromatic N) is 1. The molecular weight excluding hydrogens is 399 g/mol. The first-order valence-corrected chi connectivity index (χ1v) is 10.6. The van der Waals surface area contributed by atoms with Gasteiger partial charge in [0.15, 0.2) is 0 Å². The van der Waals surface area contributed by atoms with E-state index in [4.69, 9.17) is 4.74 Å². The van der Waals surface area contributed by atoms with E-state index in [1.807, 2.05) is 0 Å². The molecule has 1 aromatic carbocycles. The van der Waals surface area contributed by atoms with Crippen LogP contribution < -0.4 is 10.9 Å². The molecule has 0 bridgehead atoms. The van der Waals surface area contributed by atoms with E-state index in [2.05, 4.69) is 5.32 Å². The van der Waals surface area contributed by atoms with Crippen LogP contribution >= 0.6 is 0 Å².